The topological polar surface area (TPSA) is 49.8 Å². The Balaban J connectivity index is 1.76. The molecule has 0 spiro atoms. The normalized spacial score (nSPS) is 20.4. The first kappa shape index (κ1) is 26.4. The summed E-state index contributed by atoms with van der Waals surface area (Å²) < 4.78 is 6.72. The van der Waals surface area contributed by atoms with Gasteiger partial charge in [-0.2, -0.15) is 0 Å². The van der Waals surface area contributed by atoms with Crippen LogP contribution in [-0.2, 0) is 11.2 Å². The predicted octanol–water partition coefficient (Wildman–Crippen LogP) is -5.68. The molecule has 0 unspecified atom stereocenters. The van der Waals surface area contributed by atoms with Gasteiger partial charge in [-0.1, -0.05) is 29.9 Å². The van der Waals surface area contributed by atoms with E-state index in [9.17, 15) is 4.79 Å². The molecule has 13 heteroatoms. The maximum atomic E-state index is 11.1. The SMILES string of the molecule is BC(B)(B)C(B)(B)C(B)(B)C(B)(B)Oc1ccc2c(c1)C[C@H](C)C(CN1CC(C(=O)O)C1)=C2. The van der Waals surface area contributed by atoms with Crippen molar-refractivity contribution >= 4 is 82.7 Å². The second kappa shape index (κ2) is 8.77. The van der Waals surface area contributed by atoms with Gasteiger partial charge in [0.25, 0.3) is 0 Å². The number of aliphatic carboxylic acids is 1. The van der Waals surface area contributed by atoms with Crippen molar-refractivity contribution in [3.63, 3.8) is 0 Å². The van der Waals surface area contributed by atoms with Crippen molar-refractivity contribution in [2.24, 2.45) is 11.8 Å². The van der Waals surface area contributed by atoms with Gasteiger partial charge in [0, 0.05) is 25.0 Å². The number of fused-ring (bicyclic) bond motifs is 1. The molecule has 1 fully saturated rings. The Hall–Kier alpha value is -1.23. The molecule has 2 aliphatic rings. The first-order valence-corrected chi connectivity index (χ1v) is 12.4. The van der Waals surface area contributed by atoms with E-state index in [2.05, 4.69) is 107 Å². The molecule has 1 aliphatic heterocycles. The van der Waals surface area contributed by atoms with Gasteiger partial charge in [-0.05, 0) is 35.6 Å². The van der Waals surface area contributed by atoms with E-state index in [0.717, 1.165) is 18.7 Å². The Morgan fingerprint density at radius 3 is 2.21 bits per heavy atom. The summed E-state index contributed by atoms with van der Waals surface area (Å²) in [5.74, 6) is 0.507. The summed E-state index contributed by atoms with van der Waals surface area (Å²) in [7, 11) is 20.8. The third kappa shape index (κ3) is 4.95. The van der Waals surface area contributed by atoms with Crippen LogP contribution in [0.25, 0.3) is 6.08 Å². The number of rotatable bonds is 8. The van der Waals surface area contributed by atoms with Gasteiger partial charge >= 0.3 is 5.97 Å². The number of benzene rings is 1. The second-order valence-corrected chi connectivity index (χ2v) is 13.0. The lowest BCUT2D eigenvalue weighted by Crippen LogP contribution is -2.59. The number of ether oxygens (including phenoxy) is 1. The van der Waals surface area contributed by atoms with Crippen LogP contribution in [0.1, 0.15) is 18.1 Å². The molecule has 1 aromatic carbocycles. The second-order valence-electron chi connectivity index (χ2n) is 13.0. The van der Waals surface area contributed by atoms with Crippen LogP contribution in [0.5, 0.6) is 5.75 Å². The molecule has 1 heterocycles. The molecule has 4 nitrogen and oxygen atoms in total. The zero-order valence-corrected chi connectivity index (χ0v) is 22.5. The van der Waals surface area contributed by atoms with E-state index in [-0.39, 0.29) is 26.9 Å². The minimum Gasteiger partial charge on any atom is -0.506 e. The van der Waals surface area contributed by atoms with Gasteiger partial charge in [-0.3, -0.25) is 9.69 Å². The standard InChI is InChI=1S/C20H36B9NO3/c1-10-4-12-6-15(33-20(28,29)18(23,24)17(21,22)19(25,26)27)3-2-11(12)5-13(10)7-30-8-14(9-30)16(31)32/h2-3,5-6,10,14H,4,7-9,21-29H2,1H3,(H,31,32)/t10-/m0/s1. The van der Waals surface area contributed by atoms with Crippen LogP contribution in [0, 0.1) is 11.8 Å². The van der Waals surface area contributed by atoms with Gasteiger partial charge in [-0.15, -0.1) is 10.3 Å². The molecule has 1 saturated heterocycles. The minimum absolute atomic E-state index is 0.0559. The lowest BCUT2D eigenvalue weighted by Gasteiger charge is -2.59. The van der Waals surface area contributed by atoms with E-state index >= 15 is 0 Å². The molecule has 1 aliphatic carbocycles. The van der Waals surface area contributed by atoms with Crippen molar-refractivity contribution in [1.82, 2.24) is 4.90 Å². The highest BCUT2D eigenvalue weighted by molar-refractivity contribution is 6.72. The largest absolute Gasteiger partial charge is 0.506 e. The van der Waals surface area contributed by atoms with Gasteiger partial charge in [0.1, 0.15) is 37.1 Å². The van der Waals surface area contributed by atoms with Crippen LogP contribution in [0.15, 0.2) is 23.8 Å². The third-order valence-corrected chi connectivity index (χ3v) is 9.64. The number of hydrogen-bond donors (Lipinski definition) is 1. The predicted molar refractivity (Wildman–Crippen MR) is 163 cm³/mol. The van der Waals surface area contributed by atoms with Crippen LogP contribution < -0.4 is 4.74 Å². The zero-order chi connectivity index (χ0) is 25.0. The summed E-state index contributed by atoms with van der Waals surface area (Å²) in [6.07, 6.45) is 3.30. The molecular formula is C20H36B9NO3. The van der Waals surface area contributed by atoms with E-state index in [1.54, 1.807) is 0 Å². The Morgan fingerprint density at radius 2 is 1.67 bits per heavy atom. The van der Waals surface area contributed by atoms with Crippen molar-refractivity contribution in [3.8, 4) is 5.75 Å². The minimum atomic E-state index is -0.674. The Labute approximate surface area is 208 Å². The molecule has 1 aromatic rings. The lowest BCUT2D eigenvalue weighted by molar-refractivity contribution is -0.147. The zero-order valence-electron chi connectivity index (χ0n) is 22.5. The molecule has 1 atom stereocenters. The van der Waals surface area contributed by atoms with Crippen LogP contribution in [0.3, 0.4) is 0 Å². The molecule has 33 heavy (non-hydrogen) atoms. The van der Waals surface area contributed by atoms with Crippen molar-refractivity contribution in [2.75, 3.05) is 19.6 Å². The molecule has 1 N–H and O–H groups in total. The van der Waals surface area contributed by atoms with Gasteiger partial charge in [0.15, 0.2) is 0 Å². The number of likely N-dealkylation sites (tertiary alicyclic amines) is 1. The quantitative estimate of drug-likeness (QED) is 0.414. The van der Waals surface area contributed by atoms with Crippen molar-refractivity contribution in [2.45, 2.75) is 34.3 Å². The summed E-state index contributed by atoms with van der Waals surface area (Å²) in [4.78, 5) is 13.3. The highest BCUT2D eigenvalue weighted by Crippen LogP contribution is 2.58. The van der Waals surface area contributed by atoms with Gasteiger partial charge in [0.2, 0.25) is 0 Å². The summed E-state index contributed by atoms with van der Waals surface area (Å²) in [5, 5.41) is 8.91. The van der Waals surface area contributed by atoms with Crippen LogP contribution in [-0.4, -0.2) is 112 Å². The monoisotopic (exact) mass is 437 g/mol. The fraction of sp³-hybridized carbons (Fsp3) is 0.550. The van der Waals surface area contributed by atoms with Crippen LogP contribution in [0.2, 0.25) is 15.5 Å². The van der Waals surface area contributed by atoms with E-state index in [0.29, 0.717) is 19.0 Å². The molecule has 166 valence electrons. The Bertz CT molecular complexity index is 953. The highest BCUT2D eigenvalue weighted by Gasteiger charge is 2.52. The van der Waals surface area contributed by atoms with Gasteiger partial charge in [0.05, 0.1) is 45.1 Å². The lowest BCUT2D eigenvalue weighted by atomic mass is 9.10. The van der Waals surface area contributed by atoms with Crippen LogP contribution >= 0.6 is 0 Å². The summed E-state index contributed by atoms with van der Waals surface area (Å²) >= 11 is 0. The number of hydrogen-bond acceptors (Lipinski definition) is 3. The maximum absolute atomic E-state index is 11.1. The fourth-order valence-corrected chi connectivity index (χ4v) is 5.19. The van der Waals surface area contributed by atoms with E-state index in [1.165, 1.54) is 16.7 Å². The summed E-state index contributed by atoms with van der Waals surface area (Å²) in [6, 6.07) is 6.52. The smallest absolute Gasteiger partial charge is 0.309 e. The Kier molecular flexibility index (Phi) is 7.01. The number of nitrogens with zero attached hydrogens (tertiary/aromatic N) is 1. The molecule has 3 rings (SSSR count). The van der Waals surface area contributed by atoms with Gasteiger partial charge in [-0.25, -0.2) is 0 Å². The first-order chi connectivity index (χ1) is 15.0. The molecule has 0 bridgehead atoms. The molecule has 0 aromatic heterocycles. The summed E-state index contributed by atoms with van der Waals surface area (Å²) in [5.41, 5.74) is 3.99. The first-order valence-electron chi connectivity index (χ1n) is 12.4. The van der Waals surface area contributed by atoms with Gasteiger partial charge < -0.3 is 9.84 Å². The number of carboxylic acids is 1. The maximum Gasteiger partial charge on any atom is 0.309 e. The van der Waals surface area contributed by atoms with E-state index in [4.69, 9.17) is 9.84 Å². The van der Waals surface area contributed by atoms with Crippen LogP contribution in [0.4, 0.5) is 0 Å². The van der Waals surface area contributed by atoms with Crippen molar-refractivity contribution in [1.29, 1.82) is 0 Å². The number of carboxylic acid groups (broad SMARTS) is 1. The van der Waals surface area contributed by atoms with Crippen molar-refractivity contribution < 1.29 is 14.6 Å². The molecule has 0 amide bonds. The molecule has 0 saturated carbocycles. The molecular weight excluding hydrogens is 400 g/mol. The fourth-order valence-electron chi connectivity index (χ4n) is 5.19. The Morgan fingerprint density at radius 1 is 1.06 bits per heavy atom. The van der Waals surface area contributed by atoms with E-state index < -0.39 is 5.97 Å². The average Bonchev–Trinajstić information content (AvgIpc) is 2.62. The van der Waals surface area contributed by atoms with E-state index in [1.807, 2.05) is 0 Å². The molecule has 0 radical (unpaired) electrons. The average molecular weight is 436 g/mol. The highest BCUT2D eigenvalue weighted by atomic mass is 16.5. The van der Waals surface area contributed by atoms with Crippen molar-refractivity contribution in [3.05, 3.63) is 34.9 Å². The third-order valence-electron chi connectivity index (χ3n) is 9.64. The number of carbonyl (C=O) groups is 1. The summed E-state index contributed by atoms with van der Waals surface area (Å²) in [6.45, 7) is 4.46.